The molecule has 0 saturated heterocycles. The Morgan fingerprint density at radius 1 is 1.56 bits per heavy atom. The molecule has 0 aromatic carbocycles. The Kier molecular flexibility index (Phi) is 18.3. The fourth-order valence-electron chi connectivity index (χ4n) is 0.262. The predicted octanol–water partition coefficient (Wildman–Crippen LogP) is -1.41. The van der Waals surface area contributed by atoms with Gasteiger partial charge in [0.1, 0.15) is 6.54 Å². The Morgan fingerprint density at radius 3 is 2.11 bits per heavy atom. The van der Waals surface area contributed by atoms with E-state index >= 15 is 0 Å². The number of carboxylic acids is 1. The summed E-state index contributed by atoms with van der Waals surface area (Å²) in [6.07, 6.45) is 0. The van der Waals surface area contributed by atoms with Crippen LogP contribution in [0, 0.1) is 0 Å². The van der Waals surface area contributed by atoms with Gasteiger partial charge in [0.2, 0.25) is 0 Å². The van der Waals surface area contributed by atoms with Crippen LogP contribution in [0.15, 0.2) is 0 Å². The first-order chi connectivity index (χ1) is 3.27. The molecule has 0 unspecified atom stereocenters. The number of likely N-dealkylation sites (N-methyl/N-ethyl adjacent to an activating group) is 1. The molecule has 0 aliphatic rings. The molecule has 0 aromatic heterocycles. The highest BCUT2D eigenvalue weighted by Gasteiger charge is 1.81. The molecule has 0 bridgehead atoms. The third kappa shape index (κ3) is 18.6. The van der Waals surface area contributed by atoms with E-state index in [2.05, 4.69) is 0 Å². The molecule has 0 amide bonds. The molecular weight excluding hydrogens is 118 g/mol. The number of carboxylic acid groups (broad SMARTS) is 1. The van der Waals surface area contributed by atoms with Gasteiger partial charge < -0.3 is 15.2 Å². The van der Waals surface area contributed by atoms with Gasteiger partial charge in [-0.2, -0.15) is 0 Å². The van der Waals surface area contributed by atoms with Crippen molar-refractivity contribution in [3.8, 4) is 0 Å². The number of carbonyl (C=O) groups is 1. The summed E-state index contributed by atoms with van der Waals surface area (Å²) < 4.78 is 0. The van der Waals surface area contributed by atoms with E-state index in [1.54, 1.807) is 5.32 Å². The van der Waals surface area contributed by atoms with Crippen molar-refractivity contribution >= 4 is 5.97 Å². The second-order valence-corrected chi connectivity index (χ2v) is 1.27. The predicted molar refractivity (Wildman–Crippen MR) is 35.8 cm³/mol. The number of carbonyl (C=O) groups excluding carboxylic acids is 1. The molecule has 0 fully saturated rings. The molecule has 3 nitrogen and oxygen atoms in total. The molecule has 0 saturated carbocycles. The number of hydrogen-bond donors (Lipinski definition) is 1. The van der Waals surface area contributed by atoms with E-state index in [1.807, 2.05) is 6.92 Å². The number of nitrogens with two attached hydrogens (primary N) is 1. The minimum absolute atomic E-state index is 0. The number of aliphatic carboxylic acids is 1. The lowest BCUT2D eigenvalue weighted by atomic mass is 10.6. The third-order valence-corrected chi connectivity index (χ3v) is 0.600. The van der Waals surface area contributed by atoms with Gasteiger partial charge in [-0.3, -0.25) is 0 Å². The fraction of sp³-hybridized carbons (Fsp3) is 0.833. The molecule has 0 aliphatic carbocycles. The Labute approximate surface area is 57.1 Å². The van der Waals surface area contributed by atoms with Crippen LogP contribution in [0.1, 0.15) is 21.8 Å². The summed E-state index contributed by atoms with van der Waals surface area (Å²) in [7, 11) is 0. The van der Waals surface area contributed by atoms with Gasteiger partial charge in [0.15, 0.2) is 0 Å². The monoisotopic (exact) mass is 135 g/mol. The lowest BCUT2D eigenvalue weighted by molar-refractivity contribution is -0.647. The summed E-state index contributed by atoms with van der Waals surface area (Å²) >= 11 is 0. The normalized spacial score (nSPS) is 6.78. The molecule has 58 valence electrons. The fourth-order valence-corrected chi connectivity index (χ4v) is 0.262. The van der Waals surface area contributed by atoms with Crippen molar-refractivity contribution in [2.24, 2.45) is 0 Å². The second-order valence-electron chi connectivity index (χ2n) is 1.27. The Bertz CT molecular complexity index is 64.1. The van der Waals surface area contributed by atoms with Gasteiger partial charge in [0.05, 0.1) is 12.5 Å². The molecule has 9 heavy (non-hydrogen) atoms. The average molecular weight is 135 g/mol. The van der Waals surface area contributed by atoms with E-state index in [-0.39, 0.29) is 21.4 Å². The highest BCUT2D eigenvalue weighted by Crippen LogP contribution is 1.37. The second kappa shape index (κ2) is 10.4. The smallest absolute Gasteiger partial charge is 0.116 e. The average Bonchev–Trinajstić information content (AvgIpc) is 1.61. The maximum Gasteiger partial charge on any atom is 0.116 e. The summed E-state index contributed by atoms with van der Waals surface area (Å²) in [4.78, 5) is 9.62. The van der Waals surface area contributed by atoms with Gasteiger partial charge in [-0.05, 0) is 6.92 Å². The van der Waals surface area contributed by atoms with E-state index < -0.39 is 5.97 Å². The van der Waals surface area contributed by atoms with Crippen LogP contribution in [0.4, 0.5) is 0 Å². The van der Waals surface area contributed by atoms with Crippen molar-refractivity contribution in [3.63, 3.8) is 0 Å². The first-order valence-electron chi connectivity index (χ1n) is 2.29. The van der Waals surface area contributed by atoms with Gasteiger partial charge in [-0.1, -0.05) is 14.9 Å². The van der Waals surface area contributed by atoms with Crippen molar-refractivity contribution in [1.82, 2.24) is 0 Å². The molecule has 0 radical (unpaired) electrons. The topological polar surface area (TPSA) is 56.7 Å². The summed E-state index contributed by atoms with van der Waals surface area (Å²) in [6, 6.07) is 0. The Balaban J connectivity index is -0.000000180. The lowest BCUT2D eigenvalue weighted by Crippen LogP contribution is -2.86. The van der Waals surface area contributed by atoms with Crippen LogP contribution < -0.4 is 10.4 Å². The van der Waals surface area contributed by atoms with Gasteiger partial charge in [0, 0.05) is 0 Å². The molecule has 0 heterocycles. The Morgan fingerprint density at radius 2 is 2.00 bits per heavy atom. The van der Waals surface area contributed by atoms with Gasteiger partial charge in [-0.15, -0.1) is 0 Å². The van der Waals surface area contributed by atoms with Crippen molar-refractivity contribution in [2.45, 2.75) is 21.8 Å². The van der Waals surface area contributed by atoms with Crippen LogP contribution in [0.2, 0.25) is 0 Å². The zero-order valence-corrected chi connectivity index (χ0v) is 4.31. The van der Waals surface area contributed by atoms with Crippen molar-refractivity contribution < 1.29 is 15.2 Å². The van der Waals surface area contributed by atoms with Gasteiger partial charge >= 0.3 is 0 Å². The quantitative estimate of drug-likeness (QED) is 0.517. The van der Waals surface area contributed by atoms with Crippen molar-refractivity contribution in [2.75, 3.05) is 13.1 Å². The minimum Gasteiger partial charge on any atom is -0.544 e. The highest BCUT2D eigenvalue weighted by molar-refractivity contribution is 5.64. The first-order valence-corrected chi connectivity index (χ1v) is 2.29. The molecule has 0 rings (SSSR count). The van der Waals surface area contributed by atoms with Crippen LogP contribution >= 0.6 is 0 Å². The highest BCUT2D eigenvalue weighted by atomic mass is 16.4. The maximum atomic E-state index is 9.62. The standard InChI is InChI=1S/C4H9NO2.2CH4/c1-2-5-3-4(6)7;;/h5H,2-3H2,1H3,(H,6,7);2*1H4. The molecule has 0 atom stereocenters. The SMILES string of the molecule is C.C.CC[NH2+]CC(=O)[O-]. The van der Waals surface area contributed by atoms with Gasteiger partial charge in [0.25, 0.3) is 0 Å². The zero-order chi connectivity index (χ0) is 5.70. The summed E-state index contributed by atoms with van der Waals surface area (Å²) in [5.74, 6) is -0.998. The lowest BCUT2D eigenvalue weighted by Gasteiger charge is -1.95. The van der Waals surface area contributed by atoms with E-state index in [0.717, 1.165) is 6.54 Å². The maximum absolute atomic E-state index is 9.62. The number of rotatable bonds is 3. The van der Waals surface area contributed by atoms with Crippen LogP contribution in [0.5, 0.6) is 0 Å². The van der Waals surface area contributed by atoms with Gasteiger partial charge in [-0.25, -0.2) is 0 Å². The molecule has 3 heteroatoms. The summed E-state index contributed by atoms with van der Waals surface area (Å²) in [5, 5.41) is 11.3. The molecule has 2 N–H and O–H groups in total. The van der Waals surface area contributed by atoms with Crippen LogP contribution in [-0.2, 0) is 4.79 Å². The molecule has 0 aromatic rings. The summed E-state index contributed by atoms with van der Waals surface area (Å²) in [6.45, 7) is 2.77. The zero-order valence-electron chi connectivity index (χ0n) is 4.31. The summed E-state index contributed by atoms with van der Waals surface area (Å²) in [5.41, 5.74) is 0. The van der Waals surface area contributed by atoms with E-state index in [9.17, 15) is 9.90 Å². The van der Waals surface area contributed by atoms with E-state index in [4.69, 9.17) is 0 Å². The molecular formula is C6H17NO2. The van der Waals surface area contributed by atoms with E-state index in [0.29, 0.717) is 0 Å². The Hall–Kier alpha value is -0.570. The van der Waals surface area contributed by atoms with Crippen molar-refractivity contribution in [1.29, 1.82) is 0 Å². The molecule has 0 spiro atoms. The minimum atomic E-state index is -0.998. The van der Waals surface area contributed by atoms with E-state index in [1.165, 1.54) is 0 Å². The number of quaternary nitrogens is 1. The van der Waals surface area contributed by atoms with Crippen LogP contribution in [0.3, 0.4) is 0 Å². The van der Waals surface area contributed by atoms with Crippen LogP contribution in [-0.4, -0.2) is 19.1 Å². The van der Waals surface area contributed by atoms with Crippen molar-refractivity contribution in [3.05, 3.63) is 0 Å². The number of hydrogen-bond acceptors (Lipinski definition) is 2. The first kappa shape index (κ1) is 15.8. The third-order valence-electron chi connectivity index (χ3n) is 0.600. The molecule has 0 aliphatic heterocycles. The van der Waals surface area contributed by atoms with Crippen LogP contribution in [0.25, 0.3) is 0 Å². The largest absolute Gasteiger partial charge is 0.544 e.